The van der Waals surface area contributed by atoms with Crippen LogP contribution in [-0.4, -0.2) is 42.1 Å². The Balaban J connectivity index is 2.29. The van der Waals surface area contributed by atoms with Gasteiger partial charge < -0.3 is 15.4 Å². The molecule has 1 aromatic rings. The average Bonchev–Trinajstić information content (AvgIpc) is 3.02. The molecule has 1 atom stereocenters. The summed E-state index contributed by atoms with van der Waals surface area (Å²) in [6.07, 6.45) is 0.336. The molecule has 0 aliphatic carbocycles. The lowest BCUT2D eigenvalue weighted by Gasteiger charge is -2.28. The summed E-state index contributed by atoms with van der Waals surface area (Å²) in [5, 5.41) is 6.88. The quantitative estimate of drug-likeness (QED) is 0.615. The van der Waals surface area contributed by atoms with Gasteiger partial charge in [-0.3, -0.25) is 9.69 Å². The van der Waals surface area contributed by atoms with Gasteiger partial charge in [0.1, 0.15) is 5.60 Å². The van der Waals surface area contributed by atoms with Gasteiger partial charge in [-0.1, -0.05) is 36.2 Å². The SMILES string of the molecule is CCC(C)=C(C(=O)NCc1ccc(Cl)cc1)C1=C(NC)C(C)N(C(=O)OC(C)(C)C)C1. The third kappa shape index (κ3) is 6.26. The Kier molecular flexibility index (Phi) is 8.18. The number of nitrogens with zero attached hydrogens (tertiary/aromatic N) is 1. The van der Waals surface area contributed by atoms with E-state index in [0.29, 0.717) is 23.7 Å². The summed E-state index contributed by atoms with van der Waals surface area (Å²) >= 11 is 5.95. The normalized spacial score (nSPS) is 17.4. The van der Waals surface area contributed by atoms with Crippen LogP contribution in [-0.2, 0) is 16.1 Å². The third-order valence-corrected chi connectivity index (χ3v) is 5.54. The fourth-order valence-corrected chi connectivity index (χ4v) is 3.68. The number of carbonyl (C=O) groups excluding carboxylic acids is 2. The standard InChI is InChI=1S/C24H34ClN3O3/c1-8-15(2)20(22(29)27-13-17-9-11-18(25)12-10-17)19-14-28(16(3)21(19)26-7)23(30)31-24(4,5)6/h9-12,16,26H,8,13-14H2,1-7H3,(H,27,29). The number of carbonyl (C=O) groups is 2. The van der Waals surface area contributed by atoms with Crippen molar-refractivity contribution < 1.29 is 14.3 Å². The molecule has 1 heterocycles. The van der Waals surface area contributed by atoms with Crippen LogP contribution in [0, 0.1) is 0 Å². The number of nitrogens with one attached hydrogen (secondary N) is 2. The zero-order valence-corrected chi connectivity index (χ0v) is 20.3. The van der Waals surface area contributed by atoms with Crippen LogP contribution in [0.4, 0.5) is 4.79 Å². The van der Waals surface area contributed by atoms with Crippen LogP contribution in [0.25, 0.3) is 0 Å². The molecule has 0 bridgehead atoms. The predicted molar refractivity (Wildman–Crippen MR) is 125 cm³/mol. The number of hydrogen-bond donors (Lipinski definition) is 2. The molecule has 0 spiro atoms. The molecular formula is C24H34ClN3O3. The molecule has 1 aromatic carbocycles. The fraction of sp³-hybridized carbons (Fsp3) is 0.500. The van der Waals surface area contributed by atoms with Gasteiger partial charge in [0, 0.05) is 35.5 Å². The van der Waals surface area contributed by atoms with Crippen molar-refractivity contribution in [3.63, 3.8) is 0 Å². The second-order valence-corrected chi connectivity index (χ2v) is 9.18. The van der Waals surface area contributed by atoms with Crippen LogP contribution in [0.5, 0.6) is 0 Å². The minimum Gasteiger partial charge on any atom is -0.444 e. The van der Waals surface area contributed by atoms with Gasteiger partial charge in [-0.15, -0.1) is 0 Å². The van der Waals surface area contributed by atoms with Crippen molar-refractivity contribution in [2.24, 2.45) is 0 Å². The van der Waals surface area contributed by atoms with Crippen molar-refractivity contribution >= 4 is 23.6 Å². The molecule has 0 radical (unpaired) electrons. The highest BCUT2D eigenvalue weighted by Crippen LogP contribution is 2.31. The third-order valence-electron chi connectivity index (χ3n) is 5.29. The second-order valence-electron chi connectivity index (χ2n) is 8.74. The summed E-state index contributed by atoms with van der Waals surface area (Å²) in [4.78, 5) is 27.7. The highest BCUT2D eigenvalue weighted by atomic mass is 35.5. The van der Waals surface area contributed by atoms with Gasteiger partial charge in [0.05, 0.1) is 12.6 Å². The zero-order valence-electron chi connectivity index (χ0n) is 19.6. The maximum absolute atomic E-state index is 13.3. The Labute approximate surface area is 190 Å². The van der Waals surface area contributed by atoms with Gasteiger partial charge in [-0.05, 0) is 58.7 Å². The summed E-state index contributed by atoms with van der Waals surface area (Å²) in [7, 11) is 1.81. The van der Waals surface area contributed by atoms with E-state index >= 15 is 0 Å². The molecule has 2 amide bonds. The van der Waals surface area contributed by atoms with Gasteiger partial charge in [0.15, 0.2) is 0 Å². The molecule has 0 saturated heterocycles. The molecule has 0 aromatic heterocycles. The van der Waals surface area contributed by atoms with E-state index in [0.717, 1.165) is 28.8 Å². The van der Waals surface area contributed by atoms with Crippen LogP contribution in [0.3, 0.4) is 0 Å². The van der Waals surface area contributed by atoms with E-state index in [4.69, 9.17) is 16.3 Å². The van der Waals surface area contributed by atoms with Crippen molar-refractivity contribution in [2.45, 2.75) is 66.2 Å². The molecule has 31 heavy (non-hydrogen) atoms. The molecule has 170 valence electrons. The molecule has 6 nitrogen and oxygen atoms in total. The topological polar surface area (TPSA) is 70.7 Å². The number of hydrogen-bond acceptors (Lipinski definition) is 4. The van der Waals surface area contributed by atoms with E-state index < -0.39 is 11.7 Å². The van der Waals surface area contributed by atoms with Crippen LogP contribution >= 0.6 is 11.6 Å². The molecule has 2 rings (SSSR count). The fourth-order valence-electron chi connectivity index (χ4n) is 3.56. The van der Waals surface area contributed by atoms with Gasteiger partial charge in [0.25, 0.3) is 5.91 Å². The van der Waals surface area contributed by atoms with E-state index in [1.165, 1.54) is 0 Å². The van der Waals surface area contributed by atoms with Crippen LogP contribution < -0.4 is 10.6 Å². The van der Waals surface area contributed by atoms with Crippen molar-refractivity contribution in [2.75, 3.05) is 13.6 Å². The first-order valence-corrected chi connectivity index (χ1v) is 11.0. The van der Waals surface area contributed by atoms with Crippen molar-refractivity contribution in [3.8, 4) is 0 Å². The second kappa shape index (κ2) is 10.2. The van der Waals surface area contributed by atoms with Crippen molar-refractivity contribution in [1.82, 2.24) is 15.5 Å². The molecule has 1 unspecified atom stereocenters. The van der Waals surface area contributed by atoms with Gasteiger partial charge in [-0.2, -0.15) is 0 Å². The van der Waals surface area contributed by atoms with Gasteiger partial charge >= 0.3 is 6.09 Å². The van der Waals surface area contributed by atoms with Gasteiger partial charge in [0.2, 0.25) is 0 Å². The molecule has 1 aliphatic heterocycles. The zero-order chi connectivity index (χ0) is 23.3. The number of benzene rings is 1. The van der Waals surface area contributed by atoms with E-state index in [1.54, 1.807) is 17.0 Å². The minimum atomic E-state index is -0.590. The smallest absolute Gasteiger partial charge is 0.411 e. The van der Waals surface area contributed by atoms with E-state index in [2.05, 4.69) is 10.6 Å². The van der Waals surface area contributed by atoms with Crippen LogP contribution in [0.15, 0.2) is 46.7 Å². The monoisotopic (exact) mass is 447 g/mol. The lowest BCUT2D eigenvalue weighted by molar-refractivity contribution is -0.117. The Hall–Kier alpha value is -2.47. The number of likely N-dealkylation sites (N-methyl/N-ethyl adjacent to an activating group) is 1. The largest absolute Gasteiger partial charge is 0.444 e. The summed E-state index contributed by atoms with van der Waals surface area (Å²) in [6.45, 7) is 12.1. The molecule has 7 heteroatoms. The Morgan fingerprint density at radius 2 is 1.84 bits per heavy atom. The summed E-state index contributed by atoms with van der Waals surface area (Å²) in [5.74, 6) is -0.157. The first-order chi connectivity index (χ1) is 14.5. The Morgan fingerprint density at radius 1 is 1.23 bits per heavy atom. The van der Waals surface area contributed by atoms with Crippen molar-refractivity contribution in [3.05, 3.63) is 57.3 Å². The highest BCUT2D eigenvalue weighted by molar-refractivity contribution is 6.30. The van der Waals surface area contributed by atoms with E-state index in [9.17, 15) is 9.59 Å². The molecule has 2 N–H and O–H groups in total. The lowest BCUT2D eigenvalue weighted by Crippen LogP contribution is -2.41. The maximum Gasteiger partial charge on any atom is 0.411 e. The summed E-state index contributed by atoms with van der Waals surface area (Å²) in [6, 6.07) is 7.16. The number of amides is 2. The summed E-state index contributed by atoms with van der Waals surface area (Å²) in [5.41, 5.74) is 3.65. The summed E-state index contributed by atoms with van der Waals surface area (Å²) < 4.78 is 5.58. The van der Waals surface area contributed by atoms with E-state index in [1.807, 2.05) is 60.7 Å². The highest BCUT2D eigenvalue weighted by Gasteiger charge is 2.37. The number of halogens is 1. The Bertz CT molecular complexity index is 882. The maximum atomic E-state index is 13.3. The molecule has 1 aliphatic rings. The molecular weight excluding hydrogens is 414 g/mol. The number of allylic oxidation sites excluding steroid dienone is 1. The average molecular weight is 448 g/mol. The van der Waals surface area contributed by atoms with Crippen LogP contribution in [0.2, 0.25) is 5.02 Å². The predicted octanol–water partition coefficient (Wildman–Crippen LogP) is 4.80. The van der Waals surface area contributed by atoms with Crippen molar-refractivity contribution in [1.29, 1.82) is 0 Å². The minimum absolute atomic E-state index is 0.157. The molecule has 0 saturated carbocycles. The molecule has 0 fully saturated rings. The first kappa shape index (κ1) is 24.8. The number of rotatable bonds is 6. The van der Waals surface area contributed by atoms with Crippen LogP contribution in [0.1, 0.15) is 53.5 Å². The Morgan fingerprint density at radius 3 is 2.35 bits per heavy atom. The van der Waals surface area contributed by atoms with E-state index in [-0.39, 0.29) is 11.9 Å². The first-order valence-electron chi connectivity index (χ1n) is 10.6. The van der Waals surface area contributed by atoms with Gasteiger partial charge in [-0.25, -0.2) is 4.79 Å². The number of ether oxygens (including phenoxy) is 1. The lowest BCUT2D eigenvalue weighted by atomic mass is 9.96.